The maximum atomic E-state index is 11.2. The second-order valence-corrected chi connectivity index (χ2v) is 13.8. The Kier molecular flexibility index (Phi) is 13.7. The molecule has 1 aliphatic carbocycles. The van der Waals surface area contributed by atoms with Gasteiger partial charge in [0.1, 0.15) is 7.11 Å². The van der Waals surface area contributed by atoms with Crippen molar-refractivity contribution < 1.29 is 18.8 Å². The van der Waals surface area contributed by atoms with Gasteiger partial charge in [0.15, 0.2) is 8.32 Å². The summed E-state index contributed by atoms with van der Waals surface area (Å²) in [7, 11) is 1.48. The van der Waals surface area contributed by atoms with E-state index in [1.54, 1.807) is 7.11 Å². The van der Waals surface area contributed by atoms with Crippen LogP contribution in [0.2, 0.25) is 19.6 Å². The summed E-state index contributed by atoms with van der Waals surface area (Å²) in [5, 5.41) is 4.29. The van der Waals surface area contributed by atoms with Crippen LogP contribution in [-0.2, 0) is 18.8 Å². The Morgan fingerprint density at radius 1 is 1.06 bits per heavy atom. The summed E-state index contributed by atoms with van der Waals surface area (Å²) >= 11 is 0. The Balaban J connectivity index is 2.75. The number of oxime groups is 1. The topological polar surface area (TPSA) is 57.1 Å². The van der Waals surface area contributed by atoms with Gasteiger partial charge < -0.3 is 14.0 Å². The zero-order chi connectivity index (χ0) is 23.1. The molecular formula is C25H45NO4Si. The minimum atomic E-state index is -1.59. The normalized spacial score (nSPS) is 17.0. The zero-order valence-corrected chi connectivity index (χ0v) is 21.8. The fourth-order valence-corrected chi connectivity index (χ4v) is 5.04. The van der Waals surface area contributed by atoms with Crippen LogP contribution in [0.3, 0.4) is 0 Å². The number of rotatable bonds is 16. The fraction of sp³-hybridized carbons (Fsp3) is 0.760. The first-order chi connectivity index (χ1) is 14.8. The van der Waals surface area contributed by atoms with E-state index in [4.69, 9.17) is 14.0 Å². The van der Waals surface area contributed by atoms with E-state index >= 15 is 0 Å². The van der Waals surface area contributed by atoms with Crippen LogP contribution in [0.4, 0.5) is 0 Å². The van der Waals surface area contributed by atoms with E-state index in [2.05, 4.69) is 43.9 Å². The van der Waals surface area contributed by atoms with Gasteiger partial charge in [-0.15, -0.1) is 0 Å². The molecule has 1 atom stereocenters. The number of allylic oxidation sites excluding steroid dienone is 3. The summed E-state index contributed by atoms with van der Waals surface area (Å²) < 4.78 is 11.2. The summed E-state index contributed by atoms with van der Waals surface area (Å²) in [4.78, 5) is 16.3. The highest BCUT2D eigenvalue weighted by atomic mass is 28.4. The van der Waals surface area contributed by atoms with E-state index in [-0.39, 0.29) is 12.1 Å². The molecule has 1 unspecified atom stereocenters. The van der Waals surface area contributed by atoms with Gasteiger partial charge in [0.05, 0.1) is 18.9 Å². The summed E-state index contributed by atoms with van der Waals surface area (Å²) in [5.74, 6) is -0.116. The van der Waals surface area contributed by atoms with Gasteiger partial charge in [0, 0.05) is 6.42 Å². The third kappa shape index (κ3) is 12.3. The van der Waals surface area contributed by atoms with Gasteiger partial charge in [-0.1, -0.05) is 56.3 Å². The van der Waals surface area contributed by atoms with Gasteiger partial charge in [-0.3, -0.25) is 4.79 Å². The first kappa shape index (κ1) is 27.6. The zero-order valence-electron chi connectivity index (χ0n) is 20.8. The van der Waals surface area contributed by atoms with Gasteiger partial charge in [-0.25, -0.2) is 0 Å². The van der Waals surface area contributed by atoms with Crippen LogP contribution in [0, 0.1) is 0 Å². The highest BCUT2D eigenvalue weighted by molar-refractivity contribution is 6.69. The van der Waals surface area contributed by atoms with Crippen LogP contribution in [0.25, 0.3) is 0 Å². The molecule has 0 aliphatic heterocycles. The predicted molar refractivity (Wildman–Crippen MR) is 132 cm³/mol. The molecule has 0 spiro atoms. The number of hydrogen-bond donors (Lipinski definition) is 0. The quantitative estimate of drug-likeness (QED) is 0.110. The summed E-state index contributed by atoms with van der Waals surface area (Å²) in [5.41, 5.74) is 3.81. The van der Waals surface area contributed by atoms with Gasteiger partial charge in [-0.2, -0.15) is 0 Å². The highest BCUT2D eigenvalue weighted by Crippen LogP contribution is 2.30. The molecule has 0 saturated carbocycles. The minimum absolute atomic E-state index is 0.116. The lowest BCUT2D eigenvalue weighted by Crippen LogP contribution is -2.31. The smallest absolute Gasteiger partial charge is 0.305 e. The van der Waals surface area contributed by atoms with Gasteiger partial charge in [0.2, 0.25) is 0 Å². The van der Waals surface area contributed by atoms with Crippen LogP contribution in [-0.4, -0.2) is 40.3 Å². The highest BCUT2D eigenvalue weighted by Gasteiger charge is 2.22. The third-order valence-corrected chi connectivity index (χ3v) is 6.47. The van der Waals surface area contributed by atoms with Crippen LogP contribution < -0.4 is 0 Å². The molecule has 0 amide bonds. The molecule has 0 aromatic heterocycles. The van der Waals surface area contributed by atoms with E-state index in [1.165, 1.54) is 37.5 Å². The van der Waals surface area contributed by atoms with Crippen LogP contribution >= 0.6 is 0 Å². The van der Waals surface area contributed by atoms with Gasteiger partial charge in [-0.05, 0) is 69.3 Å². The lowest BCUT2D eigenvalue weighted by molar-refractivity contribution is -0.140. The number of methoxy groups -OCH3 is 1. The van der Waals surface area contributed by atoms with E-state index < -0.39 is 8.32 Å². The van der Waals surface area contributed by atoms with Crippen molar-refractivity contribution in [2.45, 2.75) is 110 Å². The molecule has 0 fully saturated rings. The molecule has 0 bridgehead atoms. The summed E-state index contributed by atoms with van der Waals surface area (Å²) in [6, 6.07) is 0. The molecule has 0 aromatic rings. The molecule has 0 N–H and O–H groups in total. The maximum Gasteiger partial charge on any atom is 0.305 e. The average Bonchev–Trinajstić information content (AvgIpc) is 3.09. The van der Waals surface area contributed by atoms with Gasteiger partial charge in [0.25, 0.3) is 0 Å². The average molecular weight is 452 g/mol. The third-order valence-electron chi connectivity index (χ3n) is 5.46. The largest absolute Gasteiger partial charge is 0.469 e. The van der Waals surface area contributed by atoms with Crippen molar-refractivity contribution in [1.82, 2.24) is 0 Å². The lowest BCUT2D eigenvalue weighted by Gasteiger charge is -2.24. The first-order valence-corrected chi connectivity index (χ1v) is 15.5. The minimum Gasteiger partial charge on any atom is -0.469 e. The number of carbonyl (C=O) groups excluding carboxylic acids is 1. The molecule has 0 saturated heterocycles. The van der Waals surface area contributed by atoms with Crippen molar-refractivity contribution >= 4 is 20.0 Å². The molecule has 5 nitrogen and oxygen atoms in total. The molecular weight excluding hydrogens is 406 g/mol. The van der Waals surface area contributed by atoms with E-state index in [9.17, 15) is 4.79 Å². The second kappa shape index (κ2) is 15.4. The van der Waals surface area contributed by atoms with Crippen molar-refractivity contribution in [3.63, 3.8) is 0 Å². The van der Waals surface area contributed by atoms with Crippen molar-refractivity contribution in [2.24, 2.45) is 5.16 Å². The lowest BCUT2D eigenvalue weighted by atomic mass is 10.0. The SMILES string of the molecule is CCCCCC(/C=C/C1=C(CCCCCCC(=O)OC)C(=N/OC)/CC1)O[Si](C)(C)C. The standard InChI is InChI=1S/C25H45NO4Si/c1-7-8-11-14-22(30-31(4,5)6)19-17-21-18-20-24(26-29-3)23(21)15-12-9-10-13-16-25(27)28-2/h17,19,22H,7-16,18,20H2,1-6H3/b19-17+,26-24+. The predicted octanol–water partition coefficient (Wildman–Crippen LogP) is 6.95. The summed E-state index contributed by atoms with van der Waals surface area (Å²) in [6.07, 6.45) is 17.2. The monoisotopic (exact) mass is 451 g/mol. The maximum absolute atomic E-state index is 11.2. The van der Waals surface area contributed by atoms with E-state index in [1.807, 2.05) is 0 Å². The van der Waals surface area contributed by atoms with E-state index in [0.717, 1.165) is 57.1 Å². The molecule has 0 radical (unpaired) electrons. The molecule has 1 aliphatic rings. The Hall–Kier alpha value is -1.40. The fourth-order valence-electron chi connectivity index (χ4n) is 3.93. The Morgan fingerprint density at radius 3 is 2.45 bits per heavy atom. The van der Waals surface area contributed by atoms with Crippen molar-refractivity contribution in [1.29, 1.82) is 0 Å². The second-order valence-electron chi connectivity index (χ2n) is 9.34. The van der Waals surface area contributed by atoms with Gasteiger partial charge >= 0.3 is 5.97 Å². The molecule has 1 rings (SSSR count). The van der Waals surface area contributed by atoms with E-state index in [0.29, 0.717) is 6.42 Å². The molecule has 6 heteroatoms. The molecule has 178 valence electrons. The Bertz CT molecular complexity index is 620. The Labute approximate surface area is 191 Å². The number of hydrogen-bond acceptors (Lipinski definition) is 5. The Morgan fingerprint density at radius 2 is 1.81 bits per heavy atom. The number of unbranched alkanes of at least 4 members (excludes halogenated alkanes) is 5. The number of ether oxygens (including phenoxy) is 1. The molecule has 0 heterocycles. The van der Waals surface area contributed by atoms with Crippen LogP contribution in [0.5, 0.6) is 0 Å². The number of esters is 1. The number of nitrogens with zero attached hydrogens (tertiary/aromatic N) is 1. The summed E-state index contributed by atoms with van der Waals surface area (Å²) in [6.45, 7) is 9.03. The van der Waals surface area contributed by atoms with Crippen LogP contribution in [0.15, 0.2) is 28.5 Å². The van der Waals surface area contributed by atoms with Crippen molar-refractivity contribution in [2.75, 3.05) is 14.2 Å². The van der Waals surface area contributed by atoms with Crippen molar-refractivity contribution in [3.05, 3.63) is 23.3 Å². The first-order valence-electron chi connectivity index (χ1n) is 12.1. The molecule has 31 heavy (non-hydrogen) atoms. The molecule has 0 aromatic carbocycles. The van der Waals surface area contributed by atoms with Crippen LogP contribution in [0.1, 0.15) is 84.0 Å². The van der Waals surface area contributed by atoms with Crippen molar-refractivity contribution in [3.8, 4) is 0 Å². The number of carbonyl (C=O) groups is 1.